The van der Waals surface area contributed by atoms with E-state index in [4.69, 9.17) is 16.3 Å². The van der Waals surface area contributed by atoms with Gasteiger partial charge in [0.1, 0.15) is 5.75 Å². The highest BCUT2D eigenvalue weighted by molar-refractivity contribution is 6.30. The molecule has 2 aromatic rings. The summed E-state index contributed by atoms with van der Waals surface area (Å²) in [6.45, 7) is 0.596. The van der Waals surface area contributed by atoms with Crippen LogP contribution in [0.3, 0.4) is 0 Å². The normalized spacial score (nSPS) is 15.7. The van der Waals surface area contributed by atoms with Crippen LogP contribution in [-0.2, 0) is 12.8 Å². The van der Waals surface area contributed by atoms with Crippen molar-refractivity contribution in [1.82, 2.24) is 10.6 Å². The summed E-state index contributed by atoms with van der Waals surface area (Å²) in [7, 11) is 1.65. The van der Waals surface area contributed by atoms with E-state index in [1.54, 1.807) is 7.11 Å². The van der Waals surface area contributed by atoms with Gasteiger partial charge >= 0.3 is 6.03 Å². The first kappa shape index (κ1) is 16.7. The molecular weight excluding hydrogens is 324 g/mol. The number of halogens is 1. The molecule has 0 heterocycles. The van der Waals surface area contributed by atoms with Crippen molar-refractivity contribution in [3.05, 3.63) is 64.2 Å². The summed E-state index contributed by atoms with van der Waals surface area (Å²) in [5.41, 5.74) is 3.56. The first-order chi connectivity index (χ1) is 11.7. The smallest absolute Gasteiger partial charge is 0.315 e. The average Bonchev–Trinajstić information content (AvgIpc) is 2.97. The Bertz CT molecular complexity index is 716. The van der Waals surface area contributed by atoms with Gasteiger partial charge in [0.15, 0.2) is 0 Å². The number of carbonyl (C=O) groups excluding carboxylic acids is 1. The highest BCUT2D eigenvalue weighted by Crippen LogP contribution is 2.32. The molecule has 0 bridgehead atoms. The lowest BCUT2D eigenvalue weighted by molar-refractivity contribution is 0.237. The fraction of sp³-hybridized carbons (Fsp3) is 0.316. The second-order valence-electron chi connectivity index (χ2n) is 5.93. The van der Waals surface area contributed by atoms with E-state index >= 15 is 0 Å². The van der Waals surface area contributed by atoms with Crippen molar-refractivity contribution in [1.29, 1.82) is 0 Å². The Labute approximate surface area is 147 Å². The second kappa shape index (κ2) is 7.58. The first-order valence-electron chi connectivity index (χ1n) is 8.11. The topological polar surface area (TPSA) is 50.4 Å². The zero-order valence-corrected chi connectivity index (χ0v) is 14.4. The van der Waals surface area contributed by atoms with E-state index in [0.717, 1.165) is 35.6 Å². The summed E-state index contributed by atoms with van der Waals surface area (Å²) >= 11 is 6.02. The number of carbonyl (C=O) groups is 1. The van der Waals surface area contributed by atoms with E-state index in [1.165, 1.54) is 11.1 Å². The van der Waals surface area contributed by atoms with E-state index in [-0.39, 0.29) is 12.1 Å². The van der Waals surface area contributed by atoms with E-state index in [0.29, 0.717) is 6.54 Å². The molecule has 126 valence electrons. The highest BCUT2D eigenvalue weighted by atomic mass is 35.5. The molecule has 3 rings (SSSR count). The Morgan fingerprint density at radius 3 is 2.79 bits per heavy atom. The lowest BCUT2D eigenvalue weighted by atomic mass is 10.1. The van der Waals surface area contributed by atoms with Crippen molar-refractivity contribution in [2.45, 2.75) is 25.3 Å². The predicted molar refractivity (Wildman–Crippen MR) is 95.7 cm³/mol. The number of amides is 2. The van der Waals surface area contributed by atoms with Gasteiger partial charge in [0, 0.05) is 11.6 Å². The zero-order chi connectivity index (χ0) is 16.9. The lowest BCUT2D eigenvalue weighted by Crippen LogP contribution is -2.38. The molecule has 1 atom stereocenters. The Morgan fingerprint density at radius 1 is 1.25 bits per heavy atom. The maximum atomic E-state index is 12.1. The lowest BCUT2D eigenvalue weighted by Gasteiger charge is -2.15. The third-order valence-electron chi connectivity index (χ3n) is 4.35. The van der Waals surface area contributed by atoms with Crippen LogP contribution in [0.5, 0.6) is 5.75 Å². The van der Waals surface area contributed by atoms with Crippen LogP contribution in [-0.4, -0.2) is 19.7 Å². The molecule has 1 aliphatic rings. The third kappa shape index (κ3) is 4.01. The largest absolute Gasteiger partial charge is 0.497 e. The minimum Gasteiger partial charge on any atom is -0.497 e. The molecule has 4 nitrogen and oxygen atoms in total. The molecule has 2 amide bonds. The minimum absolute atomic E-state index is 0.0678. The van der Waals surface area contributed by atoms with E-state index in [9.17, 15) is 4.79 Å². The molecule has 1 aliphatic carbocycles. The van der Waals surface area contributed by atoms with Gasteiger partial charge in [-0.3, -0.25) is 0 Å². The number of methoxy groups -OCH3 is 1. The van der Waals surface area contributed by atoms with Crippen molar-refractivity contribution in [2.75, 3.05) is 13.7 Å². The number of fused-ring (bicyclic) bond motifs is 1. The molecule has 24 heavy (non-hydrogen) atoms. The summed E-state index contributed by atoms with van der Waals surface area (Å²) in [5, 5.41) is 6.72. The van der Waals surface area contributed by atoms with Gasteiger partial charge in [-0.15, -0.1) is 0 Å². The molecule has 1 unspecified atom stereocenters. The monoisotopic (exact) mass is 344 g/mol. The van der Waals surface area contributed by atoms with Gasteiger partial charge in [-0.2, -0.15) is 0 Å². The molecule has 5 heteroatoms. The van der Waals surface area contributed by atoms with Gasteiger partial charge in [0.25, 0.3) is 0 Å². The van der Waals surface area contributed by atoms with E-state index in [1.807, 2.05) is 42.5 Å². The van der Waals surface area contributed by atoms with E-state index < -0.39 is 0 Å². The summed E-state index contributed by atoms with van der Waals surface area (Å²) in [6, 6.07) is 13.7. The Hall–Kier alpha value is -2.20. The van der Waals surface area contributed by atoms with Gasteiger partial charge in [-0.05, 0) is 60.2 Å². The number of aryl methyl sites for hydroxylation is 1. The predicted octanol–water partition coefficient (Wildman–Crippen LogP) is 3.88. The highest BCUT2D eigenvalue weighted by Gasteiger charge is 2.23. The molecule has 2 aromatic carbocycles. The van der Waals surface area contributed by atoms with Crippen LogP contribution in [0.4, 0.5) is 4.79 Å². The molecule has 0 saturated carbocycles. The van der Waals surface area contributed by atoms with Gasteiger partial charge < -0.3 is 15.4 Å². The number of ether oxygens (including phenoxy) is 1. The van der Waals surface area contributed by atoms with Crippen LogP contribution in [0, 0.1) is 0 Å². The van der Waals surface area contributed by atoms with Crippen molar-refractivity contribution in [3.63, 3.8) is 0 Å². The van der Waals surface area contributed by atoms with Crippen LogP contribution >= 0.6 is 11.6 Å². The average molecular weight is 345 g/mol. The summed E-state index contributed by atoms with van der Waals surface area (Å²) in [4.78, 5) is 12.1. The Kier molecular flexibility index (Phi) is 5.26. The number of hydrogen-bond acceptors (Lipinski definition) is 2. The summed E-state index contributed by atoms with van der Waals surface area (Å²) in [6.07, 6.45) is 2.66. The van der Waals surface area contributed by atoms with Crippen LogP contribution < -0.4 is 15.4 Å². The quantitative estimate of drug-likeness (QED) is 0.864. The van der Waals surface area contributed by atoms with Gasteiger partial charge in [-0.1, -0.05) is 29.8 Å². The molecule has 2 N–H and O–H groups in total. The molecule has 0 spiro atoms. The second-order valence-corrected chi connectivity index (χ2v) is 6.37. The van der Waals surface area contributed by atoms with Gasteiger partial charge in [0.05, 0.1) is 13.2 Å². The van der Waals surface area contributed by atoms with Crippen LogP contribution in [0.2, 0.25) is 5.02 Å². The molecule has 0 aromatic heterocycles. The number of rotatable bonds is 5. The van der Waals surface area contributed by atoms with Gasteiger partial charge in [-0.25, -0.2) is 4.79 Å². The van der Waals surface area contributed by atoms with Crippen LogP contribution in [0.25, 0.3) is 0 Å². The SMILES string of the molecule is COc1ccc(CCNC(=O)NC2CCc3cc(Cl)ccc32)cc1. The molecule has 0 saturated heterocycles. The molecule has 0 aliphatic heterocycles. The number of benzene rings is 2. The Morgan fingerprint density at radius 2 is 2.04 bits per heavy atom. The van der Waals surface area contributed by atoms with Crippen molar-refractivity contribution >= 4 is 17.6 Å². The molecule has 0 radical (unpaired) electrons. The third-order valence-corrected chi connectivity index (χ3v) is 4.58. The van der Waals surface area contributed by atoms with Gasteiger partial charge in [0.2, 0.25) is 0 Å². The first-order valence-corrected chi connectivity index (χ1v) is 8.49. The van der Waals surface area contributed by atoms with E-state index in [2.05, 4.69) is 10.6 Å². The zero-order valence-electron chi connectivity index (χ0n) is 13.6. The fourth-order valence-electron chi connectivity index (χ4n) is 3.06. The number of urea groups is 1. The number of nitrogens with one attached hydrogen (secondary N) is 2. The molecule has 0 fully saturated rings. The van der Waals surface area contributed by atoms with Crippen LogP contribution in [0.1, 0.15) is 29.2 Å². The Balaban J connectivity index is 1.46. The number of hydrogen-bond donors (Lipinski definition) is 2. The summed E-state index contributed by atoms with van der Waals surface area (Å²) < 4.78 is 5.13. The minimum atomic E-state index is -0.128. The van der Waals surface area contributed by atoms with Crippen molar-refractivity contribution in [3.8, 4) is 5.75 Å². The summed E-state index contributed by atoms with van der Waals surface area (Å²) in [5.74, 6) is 0.837. The molecular formula is C19H21ClN2O2. The fourth-order valence-corrected chi connectivity index (χ4v) is 3.25. The standard InChI is InChI=1S/C19H21ClN2O2/c1-24-16-6-2-13(3-7-16)10-11-21-19(23)22-18-9-4-14-12-15(20)5-8-17(14)18/h2-3,5-8,12,18H,4,9-11H2,1H3,(H2,21,22,23). The van der Waals surface area contributed by atoms with Crippen molar-refractivity contribution < 1.29 is 9.53 Å². The maximum absolute atomic E-state index is 12.1. The van der Waals surface area contributed by atoms with Crippen LogP contribution in [0.15, 0.2) is 42.5 Å². The maximum Gasteiger partial charge on any atom is 0.315 e. The van der Waals surface area contributed by atoms with Crippen molar-refractivity contribution in [2.24, 2.45) is 0 Å².